The van der Waals surface area contributed by atoms with E-state index >= 15 is 0 Å². The van der Waals surface area contributed by atoms with Gasteiger partial charge in [0.1, 0.15) is 0 Å². The van der Waals surface area contributed by atoms with Crippen LogP contribution in [0.4, 0.5) is 0 Å². The Morgan fingerprint density at radius 3 is 0.875 bits per heavy atom. The van der Waals surface area contributed by atoms with Gasteiger partial charge in [0.05, 0.1) is 0 Å². The number of hydrogen-bond acceptors (Lipinski definition) is 0. The van der Waals surface area contributed by atoms with Crippen molar-refractivity contribution in [1.29, 1.82) is 0 Å². The van der Waals surface area contributed by atoms with Gasteiger partial charge < -0.3 is 34.9 Å². The van der Waals surface area contributed by atoms with Crippen LogP contribution in [0.3, 0.4) is 0 Å². The van der Waals surface area contributed by atoms with Gasteiger partial charge in [0, 0.05) is 26.2 Å². The molecule has 2 heteroatoms. The first-order chi connectivity index (χ1) is 2.00. The number of nitrogens with one attached hydrogen (secondary N) is 1. The van der Waals surface area contributed by atoms with E-state index < -0.39 is 0 Å². The summed E-state index contributed by atoms with van der Waals surface area (Å²) in [5, 5.41) is 0. The van der Waals surface area contributed by atoms with Gasteiger partial charge in [-0.15, -0.1) is 0 Å². The van der Waals surface area contributed by atoms with E-state index in [2.05, 4.69) is 6.92 Å². The van der Waals surface area contributed by atoms with Crippen LogP contribution in [0.5, 0.6) is 0 Å². The molecule has 0 aromatic heterocycles. The molecule has 0 atom stereocenters. The Kier molecular flexibility index (Phi) is 4350. The maximum absolute atomic E-state index is 5.75. The number of rotatable bonds is 0. The Hall–Kier alpha value is 0.843. The van der Waals surface area contributed by atoms with Crippen molar-refractivity contribution in [3.05, 3.63) is 34.9 Å². The minimum atomic E-state index is 0. The normalized spacial score (nSPS) is 1.50. The fourth-order valence-corrected chi connectivity index (χ4v) is 0. The van der Waals surface area contributed by atoms with Crippen molar-refractivity contribution < 1.29 is 26.2 Å². The van der Waals surface area contributed by atoms with Crippen molar-refractivity contribution >= 4 is 0 Å². The summed E-state index contributed by atoms with van der Waals surface area (Å²) in [5.74, 6) is 0. The Balaban J connectivity index is -0.00000000167. The summed E-state index contributed by atoms with van der Waals surface area (Å²) in [7, 11) is 1.25. The van der Waals surface area contributed by atoms with E-state index in [1.807, 2.05) is 0 Å². The van der Waals surface area contributed by atoms with E-state index in [1.54, 1.807) is 6.92 Å². The van der Waals surface area contributed by atoms with Crippen molar-refractivity contribution in [2.75, 3.05) is 7.05 Å². The molecule has 0 unspecified atom stereocenters. The van der Waals surface area contributed by atoms with Gasteiger partial charge in [-0.2, -0.15) is 14.0 Å². The Morgan fingerprint density at radius 2 is 0.875 bits per heavy atom. The van der Waals surface area contributed by atoms with Crippen LogP contribution < -0.4 is 0 Å². The maximum atomic E-state index is 5.75. The van der Waals surface area contributed by atoms with E-state index in [9.17, 15) is 0 Å². The van der Waals surface area contributed by atoms with Crippen LogP contribution >= 0.6 is 0 Å². The van der Waals surface area contributed by atoms with E-state index in [-0.39, 0.29) is 48.5 Å². The van der Waals surface area contributed by atoms with Crippen molar-refractivity contribution in [2.45, 2.75) is 6.92 Å². The summed E-state index contributed by atoms with van der Waals surface area (Å²) >= 11 is 0. The van der Waals surface area contributed by atoms with E-state index in [0.717, 1.165) is 0 Å². The molecule has 0 amide bonds. The molecular weight excluding hydrogens is 177 g/mol. The molecule has 0 heterocycles. The molecule has 0 aliphatic carbocycles. The van der Waals surface area contributed by atoms with Crippen molar-refractivity contribution in [1.82, 2.24) is 0 Å². The van der Waals surface area contributed by atoms with E-state index in [0.29, 0.717) is 0 Å². The molecule has 0 aromatic carbocycles. The predicted molar refractivity (Wildman–Crippen MR) is 40.5 cm³/mol. The molecule has 56 valence electrons. The largest absolute Gasteiger partial charge is 0.680 e. The van der Waals surface area contributed by atoms with Crippen LogP contribution in [0.15, 0.2) is 0 Å². The molecule has 0 aliphatic rings. The van der Waals surface area contributed by atoms with Crippen LogP contribution in [0.1, 0.15) is 6.92 Å². The molecule has 0 saturated carbocycles. The molecular formula is C6H18NZr-5. The van der Waals surface area contributed by atoms with Gasteiger partial charge in [0.15, 0.2) is 0 Å². The standard InChI is InChI=1S/C2H5.CH4N.3CH3.Zr/c2*1-2;;;;/h1H2,2H3;2H,1H3;3*1H3;/q5*-1;. The Bertz CT molecular complexity index is 8.49. The molecule has 0 aromatic rings. The maximum Gasteiger partial charge on any atom is 0 e. The van der Waals surface area contributed by atoms with Gasteiger partial charge >= 0.3 is 0 Å². The van der Waals surface area contributed by atoms with Crippen LogP contribution in [0.2, 0.25) is 0 Å². The van der Waals surface area contributed by atoms with Gasteiger partial charge in [0.2, 0.25) is 0 Å². The first-order valence-corrected chi connectivity index (χ1v) is 1.21. The third-order valence-electron chi connectivity index (χ3n) is 0. The molecule has 0 bridgehead atoms. The zero-order valence-electron chi connectivity index (χ0n) is 6.71. The SMILES string of the molecule is C[NH-].[CH2-]C.[CH3-].[CH3-].[CH3-].[Zr]. The zero-order valence-corrected chi connectivity index (χ0v) is 9.17. The third kappa shape index (κ3) is 329. The van der Waals surface area contributed by atoms with E-state index in [1.165, 1.54) is 7.05 Å². The summed E-state index contributed by atoms with van der Waals surface area (Å²) in [5.41, 5.74) is 5.75. The first-order valence-electron chi connectivity index (χ1n) is 1.21. The second-order valence-corrected chi connectivity index (χ2v) is 0. The quantitative estimate of drug-likeness (QED) is 0.531. The molecule has 0 saturated heterocycles. The minimum Gasteiger partial charge on any atom is -0.680 e. The first kappa shape index (κ1) is 67.3. The van der Waals surface area contributed by atoms with Crippen LogP contribution in [-0.2, 0) is 26.2 Å². The summed E-state index contributed by atoms with van der Waals surface area (Å²) in [6, 6.07) is 0. The summed E-state index contributed by atoms with van der Waals surface area (Å²) in [6.45, 7) is 5.00. The summed E-state index contributed by atoms with van der Waals surface area (Å²) in [4.78, 5) is 0. The monoisotopic (exact) mass is 194 g/mol. The van der Waals surface area contributed by atoms with Crippen LogP contribution in [0, 0.1) is 29.2 Å². The molecule has 0 aliphatic heterocycles. The molecule has 1 N–H and O–H groups in total. The average Bonchev–Trinajstić information content (AvgIpc) is 1.50. The minimum absolute atomic E-state index is 0. The van der Waals surface area contributed by atoms with E-state index in [4.69, 9.17) is 5.73 Å². The second-order valence-electron chi connectivity index (χ2n) is 0. The van der Waals surface area contributed by atoms with Gasteiger partial charge in [0.25, 0.3) is 0 Å². The van der Waals surface area contributed by atoms with Gasteiger partial charge in [-0.05, 0) is 0 Å². The van der Waals surface area contributed by atoms with Crippen LogP contribution in [-0.4, -0.2) is 7.05 Å². The fourth-order valence-electron chi connectivity index (χ4n) is 0. The molecule has 0 fully saturated rings. The molecule has 0 radical (unpaired) electrons. The summed E-state index contributed by atoms with van der Waals surface area (Å²) in [6.07, 6.45) is 0. The van der Waals surface area contributed by atoms with Crippen molar-refractivity contribution in [3.63, 3.8) is 0 Å². The van der Waals surface area contributed by atoms with Gasteiger partial charge in [-0.3, -0.25) is 0 Å². The van der Waals surface area contributed by atoms with Gasteiger partial charge in [-0.25, -0.2) is 0 Å². The zero-order chi connectivity index (χ0) is 4.00. The molecule has 0 rings (SSSR count). The second kappa shape index (κ2) is 517. The van der Waals surface area contributed by atoms with Crippen LogP contribution in [0.25, 0.3) is 5.73 Å². The smallest absolute Gasteiger partial charge is 0 e. The third-order valence-corrected chi connectivity index (χ3v) is 0. The van der Waals surface area contributed by atoms with Crippen molar-refractivity contribution in [3.8, 4) is 0 Å². The molecule has 8 heavy (non-hydrogen) atoms. The van der Waals surface area contributed by atoms with Gasteiger partial charge in [-0.1, -0.05) is 0 Å². The van der Waals surface area contributed by atoms with Crippen molar-refractivity contribution in [2.24, 2.45) is 0 Å². The fraction of sp³-hybridized carbons (Fsp3) is 0.333. The molecule has 0 spiro atoms. The predicted octanol–water partition coefficient (Wildman–Crippen LogP) is 2.86. The number of hydrogen-bond donors (Lipinski definition) is 0. The summed E-state index contributed by atoms with van der Waals surface area (Å²) < 4.78 is 0. The molecule has 1 nitrogen and oxygen atoms in total. The topological polar surface area (TPSA) is 23.8 Å². The Morgan fingerprint density at radius 1 is 0.875 bits per heavy atom. The average molecular weight is 195 g/mol. The Labute approximate surface area is 75.2 Å².